The molecule has 4 heteroatoms. The number of hydrogen-bond donors (Lipinski definition) is 1. The van der Waals surface area contributed by atoms with E-state index < -0.39 is 11.6 Å². The summed E-state index contributed by atoms with van der Waals surface area (Å²) in [4.78, 5) is 16.3. The van der Waals surface area contributed by atoms with E-state index in [2.05, 4.69) is 25.9 Å². The standard InChI is InChI=1S/C4H3BrN2O/c5-4-6-2-1-3(8)7-4/h1-2H,(H,6,7,8)/i1D,2D. The van der Waals surface area contributed by atoms with E-state index in [1.807, 2.05) is 0 Å². The maximum absolute atomic E-state index is 10.6. The Balaban J connectivity index is 3.46. The Morgan fingerprint density at radius 2 is 2.75 bits per heavy atom. The third-order valence-electron chi connectivity index (χ3n) is 0.540. The van der Waals surface area contributed by atoms with Gasteiger partial charge in [-0.25, -0.2) is 4.98 Å². The lowest BCUT2D eigenvalue weighted by atomic mass is 10.7. The van der Waals surface area contributed by atoms with Gasteiger partial charge in [0.25, 0.3) is 5.56 Å². The third kappa shape index (κ3) is 1.16. The molecule has 0 aliphatic heterocycles. The second-order valence-corrected chi connectivity index (χ2v) is 1.84. The zero-order valence-electron chi connectivity index (χ0n) is 5.73. The molecule has 1 N–H and O–H groups in total. The highest BCUT2D eigenvalue weighted by Crippen LogP contribution is 1.92. The fourth-order valence-corrected chi connectivity index (χ4v) is 0.549. The van der Waals surface area contributed by atoms with E-state index in [0.717, 1.165) is 0 Å². The lowest BCUT2D eigenvalue weighted by molar-refractivity contribution is 1.07. The lowest BCUT2D eigenvalue weighted by Crippen LogP contribution is -2.03. The topological polar surface area (TPSA) is 45.8 Å². The summed E-state index contributed by atoms with van der Waals surface area (Å²) in [5, 5.41) is 0. The SMILES string of the molecule is [2H]c1nc(Br)[nH]c(=O)c1[2H]. The molecular formula is C4H3BrN2O. The summed E-state index contributed by atoms with van der Waals surface area (Å²) in [6.07, 6.45) is -0.323. The van der Waals surface area contributed by atoms with Gasteiger partial charge in [0.2, 0.25) is 0 Å². The van der Waals surface area contributed by atoms with Crippen LogP contribution in [0.15, 0.2) is 21.7 Å². The Kier molecular flexibility index (Phi) is 0.886. The predicted molar refractivity (Wildman–Crippen MR) is 32.6 cm³/mol. The molecule has 0 radical (unpaired) electrons. The van der Waals surface area contributed by atoms with Crippen molar-refractivity contribution in [2.45, 2.75) is 0 Å². The summed E-state index contributed by atoms with van der Waals surface area (Å²) in [6, 6.07) is -0.414. The van der Waals surface area contributed by atoms with Gasteiger partial charge in [-0.15, -0.1) is 0 Å². The van der Waals surface area contributed by atoms with Crippen LogP contribution >= 0.6 is 15.9 Å². The van der Waals surface area contributed by atoms with E-state index >= 15 is 0 Å². The van der Waals surface area contributed by atoms with E-state index in [0.29, 0.717) is 0 Å². The first kappa shape index (κ1) is 3.40. The minimum atomic E-state index is -0.605. The summed E-state index contributed by atoms with van der Waals surface area (Å²) >= 11 is 2.88. The Hall–Kier alpha value is -0.640. The Bertz CT molecular complexity index is 311. The highest BCUT2D eigenvalue weighted by molar-refractivity contribution is 9.10. The fraction of sp³-hybridized carbons (Fsp3) is 0. The van der Waals surface area contributed by atoms with Crippen molar-refractivity contribution in [1.29, 1.82) is 0 Å². The molecule has 0 aromatic carbocycles. The molecule has 0 saturated heterocycles. The zero-order chi connectivity index (χ0) is 7.72. The number of nitrogens with one attached hydrogen (secondary N) is 1. The molecule has 1 aromatic rings. The van der Waals surface area contributed by atoms with Gasteiger partial charge >= 0.3 is 0 Å². The Morgan fingerprint density at radius 1 is 2.00 bits per heavy atom. The van der Waals surface area contributed by atoms with Gasteiger partial charge in [-0.2, -0.15) is 0 Å². The molecule has 0 atom stereocenters. The largest absolute Gasteiger partial charge is 0.301 e. The molecule has 0 saturated carbocycles. The van der Waals surface area contributed by atoms with Gasteiger partial charge in [-0.1, -0.05) is 0 Å². The number of aromatic amines is 1. The lowest BCUT2D eigenvalue weighted by Gasteiger charge is -1.82. The molecule has 0 amide bonds. The highest BCUT2D eigenvalue weighted by atomic mass is 79.9. The number of hydrogen-bond acceptors (Lipinski definition) is 2. The van der Waals surface area contributed by atoms with Crippen molar-refractivity contribution in [3.8, 4) is 0 Å². The second-order valence-electron chi connectivity index (χ2n) is 1.09. The first-order chi connectivity index (χ1) is 4.61. The van der Waals surface area contributed by atoms with Crippen molar-refractivity contribution < 1.29 is 2.74 Å². The van der Waals surface area contributed by atoms with Crippen LogP contribution in [-0.2, 0) is 0 Å². The normalized spacial score (nSPS) is 12.6. The average Bonchev–Trinajstić information content (AvgIpc) is 1.82. The predicted octanol–water partition coefficient (Wildman–Crippen LogP) is 0.532. The van der Waals surface area contributed by atoms with Crippen LogP contribution in [0.1, 0.15) is 2.74 Å². The van der Waals surface area contributed by atoms with Gasteiger partial charge in [-0.3, -0.25) is 4.79 Å². The van der Waals surface area contributed by atoms with Crippen molar-refractivity contribution >= 4 is 15.9 Å². The molecular weight excluding hydrogens is 172 g/mol. The van der Waals surface area contributed by atoms with Crippen LogP contribution in [-0.4, -0.2) is 9.97 Å². The number of H-pyrrole nitrogens is 1. The zero-order valence-corrected chi connectivity index (χ0v) is 5.32. The third-order valence-corrected chi connectivity index (χ3v) is 0.916. The molecule has 0 spiro atoms. The van der Waals surface area contributed by atoms with Gasteiger partial charge in [-0.05, 0) is 15.9 Å². The molecule has 0 aliphatic carbocycles. The minimum absolute atomic E-state index is 0.179. The highest BCUT2D eigenvalue weighted by Gasteiger charge is 1.82. The van der Waals surface area contributed by atoms with Gasteiger partial charge in [0.05, 0.1) is 2.74 Å². The van der Waals surface area contributed by atoms with E-state index in [4.69, 9.17) is 2.74 Å². The molecule has 0 fully saturated rings. The minimum Gasteiger partial charge on any atom is -0.301 e. The van der Waals surface area contributed by atoms with Gasteiger partial charge in [0.1, 0.15) is 0 Å². The average molecular weight is 177 g/mol. The molecule has 3 nitrogen and oxygen atoms in total. The van der Waals surface area contributed by atoms with Crippen molar-refractivity contribution in [2.24, 2.45) is 0 Å². The molecule has 0 unspecified atom stereocenters. The molecule has 42 valence electrons. The number of rotatable bonds is 0. The number of aromatic nitrogens is 2. The molecule has 8 heavy (non-hydrogen) atoms. The van der Waals surface area contributed by atoms with E-state index in [9.17, 15) is 4.79 Å². The summed E-state index contributed by atoms with van der Waals surface area (Å²) in [6.45, 7) is 0. The number of halogens is 1. The van der Waals surface area contributed by atoms with Gasteiger partial charge in [0, 0.05) is 12.2 Å². The summed E-state index contributed by atoms with van der Waals surface area (Å²) in [5.74, 6) is 0. The van der Waals surface area contributed by atoms with Crippen molar-refractivity contribution in [3.05, 3.63) is 27.3 Å². The molecule has 1 rings (SSSR count). The van der Waals surface area contributed by atoms with Crippen LogP contribution < -0.4 is 5.56 Å². The molecule has 1 aromatic heterocycles. The van der Waals surface area contributed by atoms with Gasteiger partial charge < -0.3 is 4.98 Å². The van der Waals surface area contributed by atoms with Crippen LogP contribution in [0.3, 0.4) is 0 Å². The Morgan fingerprint density at radius 3 is 3.38 bits per heavy atom. The smallest absolute Gasteiger partial charge is 0.251 e. The maximum Gasteiger partial charge on any atom is 0.251 e. The first-order valence-electron chi connectivity index (χ1n) is 2.84. The number of nitrogens with zero attached hydrogens (tertiary/aromatic N) is 1. The van der Waals surface area contributed by atoms with Crippen LogP contribution in [0.25, 0.3) is 0 Å². The maximum atomic E-state index is 10.6. The van der Waals surface area contributed by atoms with E-state index in [1.165, 1.54) is 0 Å². The van der Waals surface area contributed by atoms with Crippen LogP contribution in [0.4, 0.5) is 0 Å². The fourth-order valence-electron chi connectivity index (χ4n) is 0.281. The monoisotopic (exact) mass is 176 g/mol. The van der Waals surface area contributed by atoms with Crippen molar-refractivity contribution in [3.63, 3.8) is 0 Å². The van der Waals surface area contributed by atoms with E-state index in [-0.39, 0.29) is 10.9 Å². The Labute approximate surface area is 56.7 Å². The van der Waals surface area contributed by atoms with Crippen molar-refractivity contribution in [2.75, 3.05) is 0 Å². The second kappa shape index (κ2) is 2.09. The molecule has 0 bridgehead atoms. The quantitative estimate of drug-likeness (QED) is 0.587. The molecule has 1 heterocycles. The van der Waals surface area contributed by atoms with Crippen LogP contribution in [0.5, 0.6) is 0 Å². The summed E-state index contributed by atoms with van der Waals surface area (Å²) in [5.41, 5.74) is -0.605. The van der Waals surface area contributed by atoms with E-state index in [1.54, 1.807) is 0 Å². The van der Waals surface area contributed by atoms with Gasteiger partial charge in [0.15, 0.2) is 4.73 Å². The van der Waals surface area contributed by atoms with Crippen LogP contribution in [0.2, 0.25) is 0 Å². The first-order valence-corrected chi connectivity index (χ1v) is 2.63. The van der Waals surface area contributed by atoms with Crippen molar-refractivity contribution in [1.82, 2.24) is 9.97 Å². The summed E-state index contributed by atoms with van der Waals surface area (Å²) < 4.78 is 14.1. The van der Waals surface area contributed by atoms with Crippen LogP contribution in [0, 0.1) is 0 Å². The molecule has 0 aliphatic rings. The summed E-state index contributed by atoms with van der Waals surface area (Å²) in [7, 11) is 0.